The molecular formula is C20H22N6. The van der Waals surface area contributed by atoms with Gasteiger partial charge in [-0.25, -0.2) is 14.8 Å². The first-order valence-corrected chi connectivity index (χ1v) is 8.82. The van der Waals surface area contributed by atoms with Crippen LogP contribution in [0.3, 0.4) is 0 Å². The van der Waals surface area contributed by atoms with E-state index in [1.165, 1.54) is 6.42 Å². The third-order valence-corrected chi connectivity index (χ3v) is 5.24. The third kappa shape index (κ3) is 2.80. The number of nitrogens with one attached hydrogen (secondary N) is 2. The Labute approximate surface area is 153 Å². The number of anilines is 1. The molecule has 6 nitrogen and oxygen atoms in total. The van der Waals surface area contributed by atoms with Crippen LogP contribution in [-0.2, 0) is 0 Å². The van der Waals surface area contributed by atoms with E-state index in [-0.39, 0.29) is 0 Å². The van der Waals surface area contributed by atoms with Crippen LogP contribution in [0.1, 0.15) is 18.4 Å². The van der Waals surface area contributed by atoms with Crippen LogP contribution in [0.5, 0.6) is 0 Å². The van der Waals surface area contributed by atoms with Crippen LogP contribution in [0.4, 0.5) is 11.6 Å². The maximum atomic E-state index is 7.17. The van der Waals surface area contributed by atoms with E-state index in [9.17, 15) is 0 Å². The minimum atomic E-state index is 0.393. The second-order valence-corrected chi connectivity index (χ2v) is 7.13. The zero-order valence-electron chi connectivity index (χ0n) is 15.2. The first-order valence-electron chi connectivity index (χ1n) is 8.82. The van der Waals surface area contributed by atoms with E-state index in [0.29, 0.717) is 23.7 Å². The molecule has 2 atom stereocenters. The average Bonchev–Trinajstić information content (AvgIpc) is 3.02. The first-order chi connectivity index (χ1) is 12.6. The lowest BCUT2D eigenvalue weighted by Gasteiger charge is -2.41. The first kappa shape index (κ1) is 16.6. The molecule has 2 N–H and O–H groups in total. The summed E-state index contributed by atoms with van der Waals surface area (Å²) in [6.07, 6.45) is 6.18. The lowest BCUT2D eigenvalue weighted by molar-refractivity contribution is 0.172. The molecule has 1 saturated carbocycles. The Morgan fingerprint density at radius 1 is 1.31 bits per heavy atom. The molecule has 0 radical (unpaired) electrons. The summed E-state index contributed by atoms with van der Waals surface area (Å²) >= 11 is 0. The number of aryl methyl sites for hydroxylation is 1. The number of fused-ring (bicyclic) bond motifs is 1. The van der Waals surface area contributed by atoms with Crippen molar-refractivity contribution in [2.24, 2.45) is 0 Å². The van der Waals surface area contributed by atoms with Gasteiger partial charge in [0.2, 0.25) is 5.95 Å². The molecule has 1 aliphatic carbocycles. The number of rotatable bonds is 4. The third-order valence-electron chi connectivity index (χ3n) is 5.24. The van der Waals surface area contributed by atoms with Gasteiger partial charge < -0.3 is 15.2 Å². The molecule has 1 aromatic carbocycles. The van der Waals surface area contributed by atoms with Crippen LogP contribution < -0.4 is 5.32 Å². The van der Waals surface area contributed by atoms with E-state index in [2.05, 4.69) is 39.1 Å². The van der Waals surface area contributed by atoms with E-state index in [4.69, 9.17) is 11.6 Å². The monoisotopic (exact) mass is 346 g/mol. The van der Waals surface area contributed by atoms with Gasteiger partial charge in [-0.2, -0.15) is 0 Å². The Morgan fingerprint density at radius 3 is 2.85 bits per heavy atom. The molecule has 132 valence electrons. The van der Waals surface area contributed by atoms with Crippen LogP contribution in [-0.4, -0.2) is 46.0 Å². The Bertz CT molecular complexity index is 997. The lowest BCUT2D eigenvalue weighted by Crippen LogP contribution is -2.51. The molecule has 0 aliphatic heterocycles. The number of nitrogens with zero attached hydrogens (tertiary/aromatic N) is 4. The Morgan fingerprint density at radius 2 is 2.15 bits per heavy atom. The predicted octanol–water partition coefficient (Wildman–Crippen LogP) is 3.99. The summed E-state index contributed by atoms with van der Waals surface area (Å²) in [6, 6.07) is 6.63. The van der Waals surface area contributed by atoms with Crippen LogP contribution in [0.15, 0.2) is 30.6 Å². The summed E-state index contributed by atoms with van der Waals surface area (Å²) in [5, 5.41) is 4.56. The van der Waals surface area contributed by atoms with Gasteiger partial charge in [0.1, 0.15) is 0 Å². The van der Waals surface area contributed by atoms with Crippen molar-refractivity contribution in [1.29, 1.82) is 0 Å². The number of H-pyrrole nitrogens is 1. The zero-order valence-corrected chi connectivity index (χ0v) is 15.2. The molecule has 4 rings (SSSR count). The smallest absolute Gasteiger partial charge is 0.223 e. The quantitative estimate of drug-likeness (QED) is 0.701. The molecule has 0 unspecified atom stereocenters. The highest BCUT2D eigenvalue weighted by atomic mass is 15.2. The van der Waals surface area contributed by atoms with Gasteiger partial charge in [0.25, 0.3) is 0 Å². The molecule has 0 saturated heterocycles. The van der Waals surface area contributed by atoms with Gasteiger partial charge >= 0.3 is 0 Å². The van der Waals surface area contributed by atoms with Crippen molar-refractivity contribution in [3.8, 4) is 11.3 Å². The van der Waals surface area contributed by atoms with E-state index >= 15 is 0 Å². The van der Waals surface area contributed by atoms with Crippen LogP contribution in [0.25, 0.3) is 27.0 Å². The summed E-state index contributed by atoms with van der Waals surface area (Å²) in [4.78, 5) is 18.3. The largest absolute Gasteiger partial charge is 0.362 e. The maximum Gasteiger partial charge on any atom is 0.223 e. The van der Waals surface area contributed by atoms with Crippen LogP contribution >= 0.6 is 0 Å². The molecule has 2 aromatic heterocycles. The van der Waals surface area contributed by atoms with Crippen molar-refractivity contribution in [3.63, 3.8) is 0 Å². The maximum absolute atomic E-state index is 7.17. The second-order valence-electron chi connectivity index (χ2n) is 7.13. The Kier molecular flexibility index (Phi) is 4.09. The highest BCUT2D eigenvalue weighted by molar-refractivity contribution is 5.96. The van der Waals surface area contributed by atoms with E-state index in [1.54, 1.807) is 0 Å². The van der Waals surface area contributed by atoms with Crippen molar-refractivity contribution in [2.45, 2.75) is 31.8 Å². The van der Waals surface area contributed by atoms with Crippen molar-refractivity contribution in [3.05, 3.63) is 47.6 Å². The fourth-order valence-corrected chi connectivity index (χ4v) is 3.60. The molecule has 0 spiro atoms. The molecule has 6 heteroatoms. The van der Waals surface area contributed by atoms with Crippen molar-refractivity contribution in [2.75, 3.05) is 19.4 Å². The highest BCUT2D eigenvalue weighted by Gasteiger charge is 2.32. The van der Waals surface area contributed by atoms with Gasteiger partial charge in [0.05, 0.1) is 12.3 Å². The van der Waals surface area contributed by atoms with Gasteiger partial charge in [-0.1, -0.05) is 12.1 Å². The van der Waals surface area contributed by atoms with Gasteiger partial charge in [0, 0.05) is 40.9 Å². The average molecular weight is 346 g/mol. The lowest BCUT2D eigenvalue weighted by atomic mass is 9.85. The van der Waals surface area contributed by atoms with Gasteiger partial charge in [0.15, 0.2) is 5.69 Å². The van der Waals surface area contributed by atoms with Crippen LogP contribution in [0.2, 0.25) is 0 Å². The minimum Gasteiger partial charge on any atom is -0.362 e. The van der Waals surface area contributed by atoms with E-state index in [1.807, 2.05) is 37.5 Å². The van der Waals surface area contributed by atoms with Crippen molar-refractivity contribution in [1.82, 2.24) is 19.9 Å². The highest BCUT2D eigenvalue weighted by Crippen LogP contribution is 2.32. The topological polar surface area (TPSA) is 61.2 Å². The molecule has 1 fully saturated rings. The number of hydrogen-bond donors (Lipinski definition) is 2. The summed E-state index contributed by atoms with van der Waals surface area (Å²) in [7, 11) is 4.23. The standard InChI is InChI=1S/C20H22N6/c1-12-10-23-20(24-16-7-8-18(16)26(3)4)25-19(12)15-11-22-17-9-13(21-2)5-6-14(15)17/h5-6,9-11,16,18,22H,7-8H2,1,3-4H3,(H,23,24,25)/t16-,18-/m0/s1. The molecule has 0 bridgehead atoms. The minimum absolute atomic E-state index is 0.393. The summed E-state index contributed by atoms with van der Waals surface area (Å²) in [6.45, 7) is 9.19. The summed E-state index contributed by atoms with van der Waals surface area (Å²) < 4.78 is 0. The molecule has 0 amide bonds. The predicted molar refractivity (Wildman–Crippen MR) is 104 cm³/mol. The molecular weight excluding hydrogens is 324 g/mol. The van der Waals surface area contributed by atoms with Gasteiger partial charge in [-0.3, -0.25) is 0 Å². The number of hydrogen-bond acceptors (Lipinski definition) is 4. The summed E-state index contributed by atoms with van der Waals surface area (Å²) in [5.74, 6) is 0.675. The van der Waals surface area contributed by atoms with E-state index in [0.717, 1.165) is 34.1 Å². The fraction of sp³-hybridized carbons (Fsp3) is 0.350. The Balaban J connectivity index is 1.68. The number of benzene rings is 1. The van der Waals surface area contributed by atoms with Crippen LogP contribution in [0, 0.1) is 13.5 Å². The molecule has 26 heavy (non-hydrogen) atoms. The number of aromatic nitrogens is 3. The van der Waals surface area contributed by atoms with Crippen molar-refractivity contribution >= 4 is 22.5 Å². The molecule has 2 heterocycles. The number of likely N-dealkylation sites (N-methyl/N-ethyl adjacent to an activating group) is 1. The molecule has 3 aromatic rings. The summed E-state index contributed by atoms with van der Waals surface area (Å²) in [5.41, 5.74) is 4.57. The fourth-order valence-electron chi connectivity index (χ4n) is 3.60. The SMILES string of the molecule is [C-]#[N+]c1ccc2c(-c3nc(N[C@H]4CC[C@@H]4N(C)C)ncc3C)c[nH]c2c1. The molecule has 1 aliphatic rings. The van der Waals surface area contributed by atoms with E-state index < -0.39 is 0 Å². The van der Waals surface area contributed by atoms with Gasteiger partial charge in [-0.15, -0.1) is 0 Å². The number of aromatic amines is 1. The normalized spacial score (nSPS) is 19.3. The second kappa shape index (κ2) is 6.43. The van der Waals surface area contributed by atoms with Gasteiger partial charge in [-0.05, 0) is 45.5 Å². The Hall–Kier alpha value is -2.91. The zero-order chi connectivity index (χ0) is 18.3. The van der Waals surface area contributed by atoms with Crippen molar-refractivity contribution < 1.29 is 0 Å².